The van der Waals surface area contributed by atoms with Crippen molar-refractivity contribution in [3.05, 3.63) is 29.3 Å². The number of aryl methyl sites for hydroxylation is 2. The molecule has 1 atom stereocenters. The third-order valence-electron chi connectivity index (χ3n) is 3.40. The number of nitrogens with one attached hydrogen (secondary N) is 1. The van der Waals surface area contributed by atoms with Crippen LogP contribution in [-0.4, -0.2) is 41.0 Å². The lowest BCUT2D eigenvalue weighted by molar-refractivity contribution is -0.142. The number of amides is 1. The fourth-order valence-corrected chi connectivity index (χ4v) is 2.05. The minimum Gasteiger partial charge on any atom is -0.480 e. The standard InChI is InChI=1S/C15H22N2O3/c1-5-17(12(4)15(19)20)9-13(18)16-14-10(2)7-6-8-11(14)3/h6-8,12H,5,9H2,1-4H3,(H,16,18)(H,19,20)/t12-/m1/s1. The molecule has 0 fully saturated rings. The van der Waals surface area contributed by atoms with E-state index in [4.69, 9.17) is 5.11 Å². The molecule has 0 aliphatic carbocycles. The summed E-state index contributed by atoms with van der Waals surface area (Å²) in [5.74, 6) is -1.12. The van der Waals surface area contributed by atoms with Crippen molar-refractivity contribution in [2.24, 2.45) is 0 Å². The van der Waals surface area contributed by atoms with E-state index < -0.39 is 12.0 Å². The molecular weight excluding hydrogens is 256 g/mol. The van der Waals surface area contributed by atoms with Crippen LogP contribution in [-0.2, 0) is 9.59 Å². The third-order valence-corrected chi connectivity index (χ3v) is 3.40. The van der Waals surface area contributed by atoms with Gasteiger partial charge in [0.25, 0.3) is 0 Å². The minimum absolute atomic E-state index is 0.0672. The van der Waals surface area contributed by atoms with Crippen LogP contribution in [0, 0.1) is 13.8 Å². The van der Waals surface area contributed by atoms with E-state index in [0.29, 0.717) is 6.54 Å². The van der Waals surface area contributed by atoms with Crippen molar-refractivity contribution < 1.29 is 14.7 Å². The summed E-state index contributed by atoms with van der Waals surface area (Å²) in [4.78, 5) is 24.7. The first-order valence-electron chi connectivity index (χ1n) is 6.69. The number of para-hydroxylation sites is 1. The first kappa shape index (κ1) is 16.2. The van der Waals surface area contributed by atoms with Crippen LogP contribution in [0.5, 0.6) is 0 Å². The quantitative estimate of drug-likeness (QED) is 0.835. The molecule has 0 spiro atoms. The molecule has 0 bridgehead atoms. The first-order chi connectivity index (χ1) is 9.36. The second-order valence-corrected chi connectivity index (χ2v) is 4.89. The summed E-state index contributed by atoms with van der Waals surface area (Å²) in [5, 5.41) is 11.9. The number of nitrogens with zero attached hydrogens (tertiary/aromatic N) is 1. The molecule has 0 saturated carbocycles. The van der Waals surface area contributed by atoms with Crippen LogP contribution < -0.4 is 5.32 Å². The Morgan fingerprint density at radius 3 is 2.30 bits per heavy atom. The summed E-state index contributed by atoms with van der Waals surface area (Å²) in [6.45, 7) is 7.86. The largest absolute Gasteiger partial charge is 0.480 e. The van der Waals surface area contributed by atoms with E-state index in [1.54, 1.807) is 11.8 Å². The van der Waals surface area contributed by atoms with Gasteiger partial charge in [-0.2, -0.15) is 0 Å². The number of carbonyl (C=O) groups is 2. The highest BCUT2D eigenvalue weighted by molar-refractivity contribution is 5.94. The molecule has 0 radical (unpaired) electrons. The number of carboxylic acids is 1. The van der Waals surface area contributed by atoms with Gasteiger partial charge in [0.1, 0.15) is 6.04 Å². The number of anilines is 1. The number of hydrogen-bond donors (Lipinski definition) is 2. The van der Waals surface area contributed by atoms with E-state index in [2.05, 4.69) is 5.32 Å². The Bertz CT molecular complexity index is 480. The zero-order valence-electron chi connectivity index (χ0n) is 12.4. The average Bonchev–Trinajstić information content (AvgIpc) is 2.39. The Morgan fingerprint density at radius 1 is 1.30 bits per heavy atom. The SMILES string of the molecule is CCN(CC(=O)Nc1c(C)cccc1C)[C@H](C)C(=O)O. The lowest BCUT2D eigenvalue weighted by Crippen LogP contribution is -2.43. The molecule has 1 aromatic carbocycles. The fraction of sp³-hybridized carbons (Fsp3) is 0.467. The number of likely N-dealkylation sites (N-methyl/N-ethyl adjacent to an activating group) is 1. The van der Waals surface area contributed by atoms with Crippen molar-refractivity contribution in [2.45, 2.75) is 33.7 Å². The van der Waals surface area contributed by atoms with E-state index >= 15 is 0 Å². The minimum atomic E-state index is -0.924. The monoisotopic (exact) mass is 278 g/mol. The van der Waals surface area contributed by atoms with Crippen LogP contribution in [0.3, 0.4) is 0 Å². The third kappa shape index (κ3) is 4.06. The number of carboxylic acid groups (broad SMARTS) is 1. The molecule has 0 aromatic heterocycles. The Hall–Kier alpha value is -1.88. The Balaban J connectivity index is 2.74. The van der Waals surface area contributed by atoms with Crippen molar-refractivity contribution in [1.29, 1.82) is 0 Å². The van der Waals surface area contributed by atoms with Gasteiger partial charge >= 0.3 is 5.97 Å². The smallest absolute Gasteiger partial charge is 0.320 e. The van der Waals surface area contributed by atoms with Gasteiger partial charge in [0.2, 0.25) is 5.91 Å². The second kappa shape index (κ2) is 7.05. The Kier molecular flexibility index (Phi) is 5.70. The lowest BCUT2D eigenvalue weighted by atomic mass is 10.1. The molecule has 20 heavy (non-hydrogen) atoms. The molecule has 1 amide bonds. The molecule has 1 rings (SSSR count). The highest BCUT2D eigenvalue weighted by atomic mass is 16.4. The molecule has 2 N–H and O–H groups in total. The van der Waals surface area contributed by atoms with Gasteiger partial charge in [0.15, 0.2) is 0 Å². The molecule has 0 aliphatic rings. The maximum atomic E-state index is 12.1. The molecule has 0 aliphatic heterocycles. The van der Waals surface area contributed by atoms with Gasteiger partial charge in [-0.15, -0.1) is 0 Å². The van der Waals surface area contributed by atoms with Crippen molar-refractivity contribution in [3.63, 3.8) is 0 Å². The topological polar surface area (TPSA) is 69.6 Å². The van der Waals surface area contributed by atoms with Crippen molar-refractivity contribution in [2.75, 3.05) is 18.4 Å². The van der Waals surface area contributed by atoms with Crippen LogP contribution in [0.25, 0.3) is 0 Å². The molecule has 0 heterocycles. The predicted molar refractivity (Wildman–Crippen MR) is 78.9 cm³/mol. The average molecular weight is 278 g/mol. The van der Waals surface area contributed by atoms with E-state index in [1.165, 1.54) is 0 Å². The zero-order chi connectivity index (χ0) is 15.3. The van der Waals surface area contributed by atoms with E-state index in [0.717, 1.165) is 16.8 Å². The fourth-order valence-electron chi connectivity index (χ4n) is 2.05. The molecule has 110 valence electrons. The Labute approximate surface area is 119 Å². The molecule has 1 aromatic rings. The van der Waals surface area contributed by atoms with E-state index in [-0.39, 0.29) is 12.5 Å². The van der Waals surface area contributed by atoms with Crippen LogP contribution in [0.2, 0.25) is 0 Å². The highest BCUT2D eigenvalue weighted by Gasteiger charge is 2.21. The number of benzene rings is 1. The number of aliphatic carboxylic acids is 1. The number of hydrogen-bond acceptors (Lipinski definition) is 3. The van der Waals surface area contributed by atoms with Gasteiger partial charge in [-0.25, -0.2) is 0 Å². The summed E-state index contributed by atoms with van der Waals surface area (Å²) in [6.07, 6.45) is 0. The maximum Gasteiger partial charge on any atom is 0.320 e. The van der Waals surface area contributed by atoms with Crippen molar-refractivity contribution in [1.82, 2.24) is 4.90 Å². The molecule has 0 saturated heterocycles. The summed E-state index contributed by atoms with van der Waals surface area (Å²) >= 11 is 0. The van der Waals surface area contributed by atoms with E-state index in [1.807, 2.05) is 39.0 Å². The molecule has 0 unspecified atom stereocenters. The van der Waals surface area contributed by atoms with Gasteiger partial charge in [-0.1, -0.05) is 25.1 Å². The van der Waals surface area contributed by atoms with Gasteiger partial charge in [0, 0.05) is 5.69 Å². The second-order valence-electron chi connectivity index (χ2n) is 4.89. The highest BCUT2D eigenvalue weighted by Crippen LogP contribution is 2.19. The molecule has 5 nitrogen and oxygen atoms in total. The number of rotatable bonds is 6. The lowest BCUT2D eigenvalue weighted by Gasteiger charge is -2.24. The predicted octanol–water partition coefficient (Wildman–Crippen LogP) is 2.04. The van der Waals surface area contributed by atoms with Gasteiger partial charge < -0.3 is 10.4 Å². The van der Waals surface area contributed by atoms with Crippen LogP contribution >= 0.6 is 0 Å². The van der Waals surface area contributed by atoms with Crippen molar-refractivity contribution in [3.8, 4) is 0 Å². The summed E-state index contributed by atoms with van der Waals surface area (Å²) < 4.78 is 0. The first-order valence-corrected chi connectivity index (χ1v) is 6.69. The molecule has 5 heteroatoms. The van der Waals surface area contributed by atoms with Gasteiger partial charge in [-0.05, 0) is 38.4 Å². The summed E-state index contributed by atoms with van der Waals surface area (Å²) in [7, 11) is 0. The summed E-state index contributed by atoms with van der Waals surface area (Å²) in [6, 6.07) is 5.12. The normalized spacial score (nSPS) is 12.2. The van der Waals surface area contributed by atoms with Gasteiger partial charge in [-0.3, -0.25) is 14.5 Å². The maximum absolute atomic E-state index is 12.1. The van der Waals surface area contributed by atoms with Crippen LogP contribution in [0.4, 0.5) is 5.69 Å². The number of carbonyl (C=O) groups excluding carboxylic acids is 1. The van der Waals surface area contributed by atoms with Gasteiger partial charge in [0.05, 0.1) is 6.54 Å². The van der Waals surface area contributed by atoms with E-state index in [9.17, 15) is 9.59 Å². The molecular formula is C15H22N2O3. The van der Waals surface area contributed by atoms with Crippen LogP contribution in [0.15, 0.2) is 18.2 Å². The Morgan fingerprint density at radius 2 is 1.85 bits per heavy atom. The van der Waals surface area contributed by atoms with Crippen molar-refractivity contribution >= 4 is 17.6 Å². The summed E-state index contributed by atoms with van der Waals surface area (Å²) in [5.41, 5.74) is 2.79. The zero-order valence-corrected chi connectivity index (χ0v) is 12.4. The van der Waals surface area contributed by atoms with Crippen LogP contribution in [0.1, 0.15) is 25.0 Å².